The summed E-state index contributed by atoms with van der Waals surface area (Å²) < 4.78 is 5.40. The molecule has 2 N–H and O–H groups in total. The quantitative estimate of drug-likeness (QED) is 0.796. The Balaban J connectivity index is 0.00000144. The van der Waals surface area contributed by atoms with Crippen LogP contribution >= 0.6 is 12.4 Å². The number of halogens is 1. The van der Waals surface area contributed by atoms with Crippen LogP contribution in [0, 0.1) is 11.8 Å². The maximum atomic E-state index is 11.8. The fourth-order valence-corrected chi connectivity index (χ4v) is 2.43. The zero-order valence-electron chi connectivity index (χ0n) is 10.2. The monoisotopic (exact) mass is 262 g/mol. The van der Waals surface area contributed by atoms with Gasteiger partial charge in [0.2, 0.25) is 5.91 Å². The van der Waals surface area contributed by atoms with Crippen LogP contribution in [0.4, 0.5) is 0 Å². The second kappa shape index (κ2) is 7.90. The van der Waals surface area contributed by atoms with Crippen molar-refractivity contribution in [2.24, 2.45) is 11.8 Å². The first-order chi connectivity index (χ1) is 7.86. The van der Waals surface area contributed by atoms with E-state index >= 15 is 0 Å². The van der Waals surface area contributed by atoms with Gasteiger partial charge in [0.25, 0.3) is 0 Å². The Labute approximate surface area is 109 Å². The van der Waals surface area contributed by atoms with E-state index in [-0.39, 0.29) is 24.2 Å². The minimum atomic E-state index is 0. The van der Waals surface area contributed by atoms with Crippen LogP contribution < -0.4 is 10.6 Å². The maximum absolute atomic E-state index is 11.8. The van der Waals surface area contributed by atoms with Gasteiger partial charge in [0.05, 0.1) is 12.5 Å². The topological polar surface area (TPSA) is 50.4 Å². The van der Waals surface area contributed by atoms with Gasteiger partial charge in [-0.05, 0) is 38.1 Å². The number of carbonyl (C=O) groups excluding carboxylic acids is 1. The molecule has 2 atom stereocenters. The van der Waals surface area contributed by atoms with E-state index in [9.17, 15) is 4.79 Å². The summed E-state index contributed by atoms with van der Waals surface area (Å²) in [5.41, 5.74) is 0. The van der Waals surface area contributed by atoms with Gasteiger partial charge in [-0.2, -0.15) is 0 Å². The molecular weight excluding hydrogens is 240 g/mol. The lowest BCUT2D eigenvalue weighted by molar-refractivity contribution is -0.125. The maximum Gasteiger partial charge on any atom is 0.224 e. The molecule has 17 heavy (non-hydrogen) atoms. The first-order valence-electron chi connectivity index (χ1n) is 6.42. The molecular formula is C12H23ClN2O2. The Kier molecular flexibility index (Phi) is 6.85. The third-order valence-corrected chi connectivity index (χ3v) is 3.49. The molecule has 2 saturated heterocycles. The fraction of sp³-hybridized carbons (Fsp3) is 0.917. The van der Waals surface area contributed by atoms with Gasteiger partial charge in [-0.25, -0.2) is 0 Å². The molecule has 5 heteroatoms. The number of amides is 1. The number of ether oxygens (including phenoxy) is 1. The molecule has 0 aliphatic carbocycles. The van der Waals surface area contributed by atoms with Crippen molar-refractivity contribution < 1.29 is 9.53 Å². The Morgan fingerprint density at radius 1 is 1.35 bits per heavy atom. The highest BCUT2D eigenvalue weighted by Crippen LogP contribution is 2.13. The van der Waals surface area contributed by atoms with Gasteiger partial charge in [0.1, 0.15) is 0 Å². The Hall–Kier alpha value is -0.320. The Morgan fingerprint density at radius 2 is 2.24 bits per heavy atom. The van der Waals surface area contributed by atoms with E-state index in [0.29, 0.717) is 5.92 Å². The number of hydrogen-bond donors (Lipinski definition) is 2. The molecule has 0 bridgehead atoms. The predicted octanol–water partition coefficient (Wildman–Crippen LogP) is 0.951. The number of carbonyl (C=O) groups is 1. The van der Waals surface area contributed by atoms with E-state index in [0.717, 1.165) is 52.1 Å². The van der Waals surface area contributed by atoms with E-state index in [1.807, 2.05) is 0 Å². The molecule has 0 aromatic heterocycles. The highest BCUT2D eigenvalue weighted by molar-refractivity contribution is 5.85. The fourth-order valence-electron chi connectivity index (χ4n) is 2.43. The predicted molar refractivity (Wildman–Crippen MR) is 69.4 cm³/mol. The molecule has 4 nitrogen and oxygen atoms in total. The molecule has 0 aromatic carbocycles. The summed E-state index contributed by atoms with van der Waals surface area (Å²) in [6.45, 7) is 4.38. The van der Waals surface area contributed by atoms with Gasteiger partial charge in [-0.15, -0.1) is 12.4 Å². The van der Waals surface area contributed by atoms with Crippen molar-refractivity contribution in [1.82, 2.24) is 10.6 Å². The number of piperidine rings is 1. The van der Waals surface area contributed by atoms with Crippen LogP contribution in [0.2, 0.25) is 0 Å². The summed E-state index contributed by atoms with van der Waals surface area (Å²) in [5, 5.41) is 6.33. The van der Waals surface area contributed by atoms with Crippen LogP contribution in [0.3, 0.4) is 0 Å². The highest BCUT2D eigenvalue weighted by Gasteiger charge is 2.22. The van der Waals surface area contributed by atoms with Crippen molar-refractivity contribution in [1.29, 1.82) is 0 Å². The largest absolute Gasteiger partial charge is 0.381 e. The Bertz CT molecular complexity index is 227. The van der Waals surface area contributed by atoms with Gasteiger partial charge in [0, 0.05) is 19.7 Å². The van der Waals surface area contributed by atoms with Crippen LogP contribution in [0.15, 0.2) is 0 Å². The smallest absolute Gasteiger partial charge is 0.224 e. The zero-order valence-corrected chi connectivity index (χ0v) is 11.1. The summed E-state index contributed by atoms with van der Waals surface area (Å²) in [7, 11) is 0. The summed E-state index contributed by atoms with van der Waals surface area (Å²) in [6, 6.07) is 0. The van der Waals surface area contributed by atoms with Gasteiger partial charge < -0.3 is 15.4 Å². The summed E-state index contributed by atoms with van der Waals surface area (Å²) in [5.74, 6) is 0.922. The van der Waals surface area contributed by atoms with E-state index in [1.165, 1.54) is 6.42 Å². The second-order valence-electron chi connectivity index (χ2n) is 4.87. The minimum Gasteiger partial charge on any atom is -0.381 e. The highest BCUT2D eigenvalue weighted by atomic mass is 35.5. The molecule has 1 unspecified atom stereocenters. The lowest BCUT2D eigenvalue weighted by Crippen LogP contribution is -2.42. The average Bonchev–Trinajstić information content (AvgIpc) is 2.38. The van der Waals surface area contributed by atoms with E-state index in [2.05, 4.69) is 10.6 Å². The van der Waals surface area contributed by atoms with Crippen LogP contribution in [-0.2, 0) is 9.53 Å². The first kappa shape index (κ1) is 14.7. The van der Waals surface area contributed by atoms with Crippen molar-refractivity contribution in [3.8, 4) is 0 Å². The molecule has 2 heterocycles. The van der Waals surface area contributed by atoms with Crippen molar-refractivity contribution in [3.05, 3.63) is 0 Å². The number of hydrogen-bond acceptors (Lipinski definition) is 3. The van der Waals surface area contributed by atoms with Gasteiger partial charge in [-0.1, -0.05) is 0 Å². The lowest BCUT2D eigenvalue weighted by Gasteiger charge is -2.25. The SMILES string of the molecule is Cl.O=C(NCC1CCCOC1)[C@@H]1CCCNC1. The normalized spacial score (nSPS) is 29.2. The summed E-state index contributed by atoms with van der Waals surface area (Å²) >= 11 is 0. The van der Waals surface area contributed by atoms with Gasteiger partial charge in [0.15, 0.2) is 0 Å². The van der Waals surface area contributed by atoms with Crippen molar-refractivity contribution in [2.75, 3.05) is 32.8 Å². The minimum absolute atomic E-state index is 0. The average molecular weight is 263 g/mol. The van der Waals surface area contributed by atoms with Crippen molar-refractivity contribution in [2.45, 2.75) is 25.7 Å². The third-order valence-electron chi connectivity index (χ3n) is 3.49. The second-order valence-corrected chi connectivity index (χ2v) is 4.87. The van der Waals surface area contributed by atoms with Crippen molar-refractivity contribution in [3.63, 3.8) is 0 Å². The third kappa shape index (κ3) is 4.82. The molecule has 0 aromatic rings. The summed E-state index contributed by atoms with van der Waals surface area (Å²) in [4.78, 5) is 11.8. The molecule has 0 spiro atoms. The molecule has 2 aliphatic heterocycles. The molecule has 0 saturated carbocycles. The van der Waals surface area contributed by atoms with Crippen LogP contribution in [0.25, 0.3) is 0 Å². The van der Waals surface area contributed by atoms with Crippen LogP contribution in [-0.4, -0.2) is 38.8 Å². The van der Waals surface area contributed by atoms with Crippen molar-refractivity contribution >= 4 is 18.3 Å². The van der Waals surface area contributed by atoms with E-state index in [1.54, 1.807) is 0 Å². The first-order valence-corrected chi connectivity index (χ1v) is 6.42. The van der Waals surface area contributed by atoms with E-state index in [4.69, 9.17) is 4.74 Å². The molecule has 2 rings (SSSR count). The summed E-state index contributed by atoms with van der Waals surface area (Å²) in [6.07, 6.45) is 4.46. The molecule has 2 fully saturated rings. The standard InChI is InChI=1S/C12H22N2O2.ClH/c15-12(11-4-1-5-13-8-11)14-7-10-3-2-6-16-9-10;/h10-11,13H,1-9H2,(H,14,15);1H/t10?,11-;/m1./s1. The van der Waals surface area contributed by atoms with Gasteiger partial charge in [-0.3, -0.25) is 4.79 Å². The number of nitrogens with one attached hydrogen (secondary N) is 2. The van der Waals surface area contributed by atoms with Crippen LogP contribution in [0.5, 0.6) is 0 Å². The molecule has 100 valence electrons. The Morgan fingerprint density at radius 3 is 2.88 bits per heavy atom. The molecule has 0 radical (unpaired) electrons. The lowest BCUT2D eigenvalue weighted by atomic mass is 9.98. The molecule has 2 aliphatic rings. The number of rotatable bonds is 3. The van der Waals surface area contributed by atoms with Crippen LogP contribution in [0.1, 0.15) is 25.7 Å². The van der Waals surface area contributed by atoms with Gasteiger partial charge >= 0.3 is 0 Å². The molecule has 1 amide bonds. The zero-order chi connectivity index (χ0) is 11.2. The van der Waals surface area contributed by atoms with E-state index < -0.39 is 0 Å².